The molecule has 0 aliphatic carbocycles. The third-order valence-corrected chi connectivity index (χ3v) is 12.0. The smallest absolute Gasteiger partial charge is 0.265 e. The zero-order valence-electron chi connectivity index (χ0n) is 22.5. The Labute approximate surface area is 266 Å². The average molecular weight is 694 g/mol. The van der Waals surface area contributed by atoms with Gasteiger partial charge in [0.2, 0.25) is 5.52 Å². The Morgan fingerprint density at radius 3 is 2.35 bits per heavy atom. The van der Waals surface area contributed by atoms with Crippen LogP contribution in [0.5, 0.6) is 0 Å². The number of thiazole rings is 1. The van der Waals surface area contributed by atoms with Gasteiger partial charge in [-0.15, -0.1) is 11.3 Å². The van der Waals surface area contributed by atoms with Crippen LogP contribution < -0.4 is 9.47 Å². The van der Waals surface area contributed by atoms with E-state index in [9.17, 15) is 25.9 Å². The van der Waals surface area contributed by atoms with E-state index in [4.69, 9.17) is 11.6 Å². The van der Waals surface area contributed by atoms with Crippen molar-refractivity contribution in [3.8, 4) is 11.1 Å². The number of hydrogen-bond donors (Lipinski definition) is 2. The van der Waals surface area contributed by atoms with Crippen molar-refractivity contribution in [2.45, 2.75) is 24.3 Å². The van der Waals surface area contributed by atoms with E-state index in [1.165, 1.54) is 21.8 Å². The molecule has 8 nitrogen and oxygen atoms in total. The van der Waals surface area contributed by atoms with Crippen LogP contribution in [0.4, 0.5) is 5.69 Å². The number of nitrogens with zero attached hydrogens (tertiary/aromatic N) is 2. The van der Waals surface area contributed by atoms with Crippen molar-refractivity contribution >= 4 is 98.3 Å². The first-order valence-electron chi connectivity index (χ1n) is 13.2. The van der Waals surface area contributed by atoms with Crippen LogP contribution >= 0.6 is 46.0 Å². The Kier molecular flexibility index (Phi) is 8.61. The molecule has 3 heterocycles. The average Bonchev–Trinajstić information content (AvgIpc) is 3.63. The minimum absolute atomic E-state index is 0.210. The predicted molar refractivity (Wildman–Crippen MR) is 178 cm³/mol. The summed E-state index contributed by atoms with van der Waals surface area (Å²) in [5.74, 6) is -0.724. The molecular formula is C29H26ClN2O6S5+. The lowest BCUT2D eigenvalue weighted by Gasteiger charge is -2.20. The van der Waals surface area contributed by atoms with Crippen molar-refractivity contribution in [1.82, 2.24) is 0 Å². The number of thiophene rings is 1. The first-order chi connectivity index (χ1) is 20.4. The quantitative estimate of drug-likeness (QED) is 0.117. The second-order valence-corrected chi connectivity index (χ2v) is 16.7. The van der Waals surface area contributed by atoms with E-state index in [1.807, 2.05) is 23.1 Å². The molecular weight excluding hydrogens is 668 g/mol. The Hall–Kier alpha value is -2.49. The van der Waals surface area contributed by atoms with E-state index in [0.29, 0.717) is 18.1 Å². The number of rotatable bonds is 10. The van der Waals surface area contributed by atoms with Crippen molar-refractivity contribution < 1.29 is 30.5 Å². The molecule has 2 aromatic heterocycles. The van der Waals surface area contributed by atoms with E-state index in [0.717, 1.165) is 42.0 Å². The zero-order valence-corrected chi connectivity index (χ0v) is 27.4. The second-order valence-electron chi connectivity index (χ2n) is 10.1. The molecule has 0 saturated heterocycles. The summed E-state index contributed by atoms with van der Waals surface area (Å²) in [5.41, 5.74) is 3.90. The standard InChI is InChI=1S/C29H25ClN2O6S5/c30-22-5-8-27-24(17-22)32(11-2-14-43(36,37)38)29(41-27)18-28-31(10-1-13-42(33,34)35)23-16-20(4-7-26(23)40-28)19-3-6-25-21(15-19)9-12-39-25/h3-9,12,15-18H,1-2,10-11,13-14H2,(H-,33,34,35,36,37,38)/p+1. The Morgan fingerprint density at radius 1 is 0.860 bits per heavy atom. The first-order valence-corrected chi connectivity index (χ1v) is 19.4. The van der Waals surface area contributed by atoms with Crippen molar-refractivity contribution in [3.63, 3.8) is 0 Å². The fourth-order valence-corrected chi connectivity index (χ4v) is 9.30. The van der Waals surface area contributed by atoms with Gasteiger partial charge in [0.05, 0.1) is 28.3 Å². The van der Waals surface area contributed by atoms with Crippen LogP contribution in [0.1, 0.15) is 17.8 Å². The molecule has 43 heavy (non-hydrogen) atoms. The maximum absolute atomic E-state index is 11.5. The Bertz CT molecular complexity index is 2100. The van der Waals surface area contributed by atoms with Crippen LogP contribution in [0.15, 0.2) is 76.0 Å². The minimum Gasteiger partial charge on any atom is -0.335 e. The molecule has 0 unspecified atom stereocenters. The summed E-state index contributed by atoms with van der Waals surface area (Å²) in [6.07, 6.45) is 2.44. The van der Waals surface area contributed by atoms with Gasteiger partial charge in [0.15, 0.2) is 6.54 Å². The largest absolute Gasteiger partial charge is 0.335 e. The number of fused-ring (bicyclic) bond motifs is 3. The monoisotopic (exact) mass is 693 g/mol. The summed E-state index contributed by atoms with van der Waals surface area (Å²) in [7, 11) is -8.23. The van der Waals surface area contributed by atoms with Crippen LogP contribution in [0.3, 0.4) is 0 Å². The number of thioether (sulfide) groups is 1. The van der Waals surface area contributed by atoms with Gasteiger partial charge in [-0.1, -0.05) is 46.8 Å². The summed E-state index contributed by atoms with van der Waals surface area (Å²) in [6.45, 7) is 0.701. The minimum atomic E-state index is -4.12. The molecule has 0 radical (unpaired) electrons. The van der Waals surface area contributed by atoms with Gasteiger partial charge in [-0.25, -0.2) is 0 Å². The third-order valence-electron chi connectivity index (χ3n) is 7.02. The summed E-state index contributed by atoms with van der Waals surface area (Å²) < 4.78 is 68.9. The predicted octanol–water partition coefficient (Wildman–Crippen LogP) is 7.19. The molecule has 6 rings (SSSR count). The number of anilines is 1. The molecule has 0 fully saturated rings. The Balaban J connectivity index is 1.42. The fourth-order valence-electron chi connectivity index (χ4n) is 5.09. The molecule has 1 aliphatic heterocycles. The van der Waals surface area contributed by atoms with Crippen LogP contribution in [0.25, 0.3) is 37.5 Å². The highest BCUT2D eigenvalue weighted by molar-refractivity contribution is 8.04. The van der Waals surface area contributed by atoms with Crippen molar-refractivity contribution in [2.75, 3.05) is 23.0 Å². The summed E-state index contributed by atoms with van der Waals surface area (Å²) in [4.78, 5) is 2.96. The third kappa shape index (κ3) is 7.10. The lowest BCUT2D eigenvalue weighted by molar-refractivity contribution is -0.668. The zero-order chi connectivity index (χ0) is 30.4. The molecule has 3 aromatic carbocycles. The number of aryl methyl sites for hydroxylation is 1. The van der Waals surface area contributed by atoms with Crippen LogP contribution in [0.2, 0.25) is 5.02 Å². The van der Waals surface area contributed by atoms with Crippen LogP contribution in [0, 0.1) is 0 Å². The molecule has 1 aliphatic rings. The highest BCUT2D eigenvalue weighted by Crippen LogP contribution is 2.48. The molecule has 0 atom stereocenters. The number of benzene rings is 3. The molecule has 0 saturated carbocycles. The Morgan fingerprint density at radius 2 is 1.58 bits per heavy atom. The van der Waals surface area contributed by atoms with Gasteiger partial charge >= 0.3 is 0 Å². The normalized spacial score (nSPS) is 14.8. The topological polar surface area (TPSA) is 116 Å². The number of halogens is 1. The molecule has 0 amide bonds. The van der Waals surface area contributed by atoms with Gasteiger partial charge in [-0.05, 0) is 70.8 Å². The highest BCUT2D eigenvalue weighted by atomic mass is 35.5. The number of hydrogen-bond acceptors (Lipinski definition) is 8. The SMILES string of the molecule is O=S(=O)(O)CCCN1C(=Cc2sc3ccc(-c4ccc5sccc5c4)cc3[n+]2CCCS(=O)(=O)O)Sc2ccc(Cl)cc21. The van der Waals surface area contributed by atoms with E-state index in [2.05, 4.69) is 52.4 Å². The molecule has 2 N–H and O–H groups in total. The van der Waals surface area contributed by atoms with Crippen LogP contribution in [-0.4, -0.2) is 44.0 Å². The van der Waals surface area contributed by atoms with Crippen molar-refractivity contribution in [2.24, 2.45) is 0 Å². The maximum atomic E-state index is 11.5. The van der Waals surface area contributed by atoms with Gasteiger partial charge in [0, 0.05) is 33.6 Å². The lowest BCUT2D eigenvalue weighted by atomic mass is 10.0. The van der Waals surface area contributed by atoms with Gasteiger partial charge in [0.25, 0.3) is 25.2 Å². The van der Waals surface area contributed by atoms with Crippen molar-refractivity contribution in [3.05, 3.63) is 81.1 Å². The highest BCUT2D eigenvalue weighted by Gasteiger charge is 2.29. The van der Waals surface area contributed by atoms with Gasteiger partial charge in [-0.2, -0.15) is 21.4 Å². The lowest BCUT2D eigenvalue weighted by Crippen LogP contribution is -2.36. The second kappa shape index (κ2) is 12.1. The number of aromatic nitrogens is 1. The maximum Gasteiger partial charge on any atom is 0.265 e. The first kappa shape index (κ1) is 30.5. The summed E-state index contributed by atoms with van der Waals surface area (Å²) >= 11 is 11.1. The van der Waals surface area contributed by atoms with E-state index < -0.39 is 20.2 Å². The fraction of sp³-hybridized carbons (Fsp3) is 0.207. The molecule has 0 bridgehead atoms. The molecule has 14 heteroatoms. The van der Waals surface area contributed by atoms with Gasteiger partial charge < -0.3 is 4.90 Å². The van der Waals surface area contributed by atoms with Crippen LogP contribution in [-0.2, 0) is 26.8 Å². The van der Waals surface area contributed by atoms with E-state index in [-0.39, 0.29) is 24.3 Å². The molecule has 5 aromatic rings. The van der Waals surface area contributed by atoms with Gasteiger partial charge in [-0.3, -0.25) is 9.11 Å². The summed E-state index contributed by atoms with van der Waals surface area (Å²) in [5, 5.41) is 5.52. The van der Waals surface area contributed by atoms with Gasteiger partial charge in [0.1, 0.15) is 4.70 Å². The molecule has 0 spiro atoms. The van der Waals surface area contributed by atoms with E-state index in [1.54, 1.807) is 28.7 Å². The molecule has 224 valence electrons. The van der Waals surface area contributed by atoms with E-state index >= 15 is 0 Å². The summed E-state index contributed by atoms with van der Waals surface area (Å²) in [6, 6.07) is 20.3. The van der Waals surface area contributed by atoms with Crippen molar-refractivity contribution in [1.29, 1.82) is 0 Å².